The van der Waals surface area contributed by atoms with E-state index in [9.17, 15) is 4.79 Å². The largest absolute Gasteiger partial charge is 0.454 e. The van der Waals surface area contributed by atoms with Gasteiger partial charge in [-0.2, -0.15) is 0 Å². The maximum absolute atomic E-state index is 12.3. The lowest BCUT2D eigenvalue weighted by Gasteiger charge is -2.53. The van der Waals surface area contributed by atoms with Crippen LogP contribution in [-0.4, -0.2) is 49.7 Å². The van der Waals surface area contributed by atoms with E-state index in [1.54, 1.807) is 12.2 Å². The SMILES string of the molecule is CC1(C)OCC2(CO1)CN(C(=O)/C=C/c1ccc3c(c1)OCO3)C2. The summed E-state index contributed by atoms with van der Waals surface area (Å²) in [4.78, 5) is 14.1. The molecule has 0 bridgehead atoms. The maximum atomic E-state index is 12.3. The zero-order valence-electron chi connectivity index (χ0n) is 13.9. The first-order valence-electron chi connectivity index (χ1n) is 8.09. The summed E-state index contributed by atoms with van der Waals surface area (Å²) in [5.41, 5.74) is 0.867. The fraction of sp³-hybridized carbons (Fsp3) is 0.500. The molecule has 24 heavy (non-hydrogen) atoms. The molecule has 0 unspecified atom stereocenters. The highest BCUT2D eigenvalue weighted by Crippen LogP contribution is 2.38. The fourth-order valence-electron chi connectivity index (χ4n) is 3.13. The van der Waals surface area contributed by atoms with Crippen molar-refractivity contribution in [2.24, 2.45) is 5.41 Å². The molecule has 128 valence electrons. The molecule has 2 fully saturated rings. The predicted molar refractivity (Wildman–Crippen MR) is 86.6 cm³/mol. The molecule has 0 radical (unpaired) electrons. The summed E-state index contributed by atoms with van der Waals surface area (Å²) in [6.45, 7) is 6.69. The second-order valence-electron chi connectivity index (χ2n) is 7.12. The van der Waals surface area contributed by atoms with Crippen molar-refractivity contribution in [1.82, 2.24) is 4.90 Å². The molecule has 1 aromatic carbocycles. The molecule has 2 saturated heterocycles. The van der Waals surface area contributed by atoms with Crippen LogP contribution in [-0.2, 0) is 14.3 Å². The Morgan fingerprint density at radius 3 is 2.58 bits per heavy atom. The molecule has 3 aliphatic rings. The summed E-state index contributed by atoms with van der Waals surface area (Å²) in [6.07, 6.45) is 3.39. The molecule has 6 nitrogen and oxygen atoms in total. The van der Waals surface area contributed by atoms with Crippen LogP contribution < -0.4 is 9.47 Å². The summed E-state index contributed by atoms with van der Waals surface area (Å²) in [6, 6.07) is 5.62. The van der Waals surface area contributed by atoms with Gasteiger partial charge in [-0.1, -0.05) is 6.07 Å². The molecule has 1 spiro atoms. The molecule has 3 heterocycles. The average molecular weight is 331 g/mol. The lowest BCUT2D eigenvalue weighted by atomic mass is 9.80. The number of amides is 1. The van der Waals surface area contributed by atoms with E-state index >= 15 is 0 Å². The fourth-order valence-corrected chi connectivity index (χ4v) is 3.13. The van der Waals surface area contributed by atoms with Crippen LogP contribution in [0.5, 0.6) is 11.5 Å². The molecular formula is C18H21NO5. The first-order valence-corrected chi connectivity index (χ1v) is 8.09. The van der Waals surface area contributed by atoms with Crippen LogP contribution in [0.25, 0.3) is 6.08 Å². The van der Waals surface area contributed by atoms with Crippen molar-refractivity contribution in [3.8, 4) is 11.5 Å². The Labute approximate surface area is 140 Å². The Hall–Kier alpha value is -2.05. The Balaban J connectivity index is 1.33. The van der Waals surface area contributed by atoms with Gasteiger partial charge < -0.3 is 23.8 Å². The number of carbonyl (C=O) groups is 1. The number of fused-ring (bicyclic) bond motifs is 1. The molecule has 1 aromatic rings. The van der Waals surface area contributed by atoms with Gasteiger partial charge in [0.2, 0.25) is 12.7 Å². The van der Waals surface area contributed by atoms with Gasteiger partial charge in [-0.3, -0.25) is 4.79 Å². The van der Waals surface area contributed by atoms with E-state index in [0.717, 1.165) is 11.3 Å². The quantitative estimate of drug-likeness (QED) is 0.776. The van der Waals surface area contributed by atoms with Crippen LogP contribution in [0.2, 0.25) is 0 Å². The van der Waals surface area contributed by atoms with E-state index in [4.69, 9.17) is 18.9 Å². The van der Waals surface area contributed by atoms with E-state index in [2.05, 4.69) is 0 Å². The number of ether oxygens (including phenoxy) is 4. The second kappa shape index (κ2) is 5.50. The smallest absolute Gasteiger partial charge is 0.246 e. The minimum absolute atomic E-state index is 0.00289. The number of carbonyl (C=O) groups excluding carboxylic acids is 1. The third-order valence-corrected chi connectivity index (χ3v) is 4.63. The number of hydrogen-bond donors (Lipinski definition) is 0. The minimum atomic E-state index is -0.519. The van der Waals surface area contributed by atoms with Crippen LogP contribution in [0, 0.1) is 5.41 Å². The molecule has 0 aromatic heterocycles. The van der Waals surface area contributed by atoms with Gasteiger partial charge in [0, 0.05) is 19.2 Å². The lowest BCUT2D eigenvalue weighted by Crippen LogP contribution is -2.65. The summed E-state index contributed by atoms with van der Waals surface area (Å²) in [5, 5.41) is 0. The highest BCUT2D eigenvalue weighted by atomic mass is 16.7. The predicted octanol–water partition coefficient (Wildman–Crippen LogP) is 2.04. The van der Waals surface area contributed by atoms with Gasteiger partial charge >= 0.3 is 0 Å². The lowest BCUT2D eigenvalue weighted by molar-refractivity contribution is -0.302. The third-order valence-electron chi connectivity index (χ3n) is 4.63. The normalized spacial score (nSPS) is 23.5. The van der Waals surface area contributed by atoms with Crippen LogP contribution in [0.15, 0.2) is 24.3 Å². The Morgan fingerprint density at radius 2 is 1.83 bits per heavy atom. The summed E-state index contributed by atoms with van der Waals surface area (Å²) >= 11 is 0. The standard InChI is InChI=1S/C18H21NO5/c1-17(2)23-10-18(11-24-17)8-19(9-18)16(20)6-4-13-3-5-14-15(7-13)22-12-21-14/h3-7H,8-12H2,1-2H3/b6-4+. The average Bonchev–Trinajstić information content (AvgIpc) is 2.98. The first kappa shape index (κ1) is 15.5. The topological polar surface area (TPSA) is 57.2 Å². The van der Waals surface area contributed by atoms with Gasteiger partial charge in [0.05, 0.1) is 18.6 Å². The van der Waals surface area contributed by atoms with Crippen molar-refractivity contribution in [3.63, 3.8) is 0 Å². The number of likely N-dealkylation sites (tertiary alicyclic amines) is 1. The van der Waals surface area contributed by atoms with Crippen LogP contribution in [0.1, 0.15) is 19.4 Å². The Morgan fingerprint density at radius 1 is 1.12 bits per heavy atom. The molecule has 0 saturated carbocycles. The third kappa shape index (κ3) is 2.87. The highest BCUT2D eigenvalue weighted by Gasteiger charge is 2.49. The number of nitrogens with zero attached hydrogens (tertiary/aromatic N) is 1. The molecule has 3 aliphatic heterocycles. The molecule has 0 aliphatic carbocycles. The van der Waals surface area contributed by atoms with Crippen LogP contribution >= 0.6 is 0 Å². The van der Waals surface area contributed by atoms with Crippen molar-refractivity contribution >= 4 is 12.0 Å². The second-order valence-corrected chi connectivity index (χ2v) is 7.12. The van der Waals surface area contributed by atoms with Crippen molar-refractivity contribution in [1.29, 1.82) is 0 Å². The van der Waals surface area contributed by atoms with Gasteiger partial charge in [-0.25, -0.2) is 0 Å². The zero-order chi connectivity index (χ0) is 16.8. The Kier molecular flexibility index (Phi) is 3.54. The van der Waals surface area contributed by atoms with Gasteiger partial charge in [-0.05, 0) is 37.6 Å². The van der Waals surface area contributed by atoms with Crippen molar-refractivity contribution in [2.45, 2.75) is 19.6 Å². The summed E-state index contributed by atoms with van der Waals surface area (Å²) < 4.78 is 22.1. The van der Waals surface area contributed by atoms with E-state index in [1.165, 1.54) is 0 Å². The number of benzene rings is 1. The van der Waals surface area contributed by atoms with E-state index in [-0.39, 0.29) is 18.1 Å². The summed E-state index contributed by atoms with van der Waals surface area (Å²) in [5.74, 6) is 0.938. The number of hydrogen-bond acceptors (Lipinski definition) is 5. The van der Waals surface area contributed by atoms with Gasteiger partial charge in [-0.15, -0.1) is 0 Å². The van der Waals surface area contributed by atoms with E-state index in [1.807, 2.05) is 36.9 Å². The molecule has 1 amide bonds. The van der Waals surface area contributed by atoms with Gasteiger partial charge in [0.25, 0.3) is 0 Å². The van der Waals surface area contributed by atoms with Gasteiger partial charge in [0.15, 0.2) is 17.3 Å². The van der Waals surface area contributed by atoms with Crippen molar-refractivity contribution in [2.75, 3.05) is 33.1 Å². The Bertz CT molecular complexity index is 679. The molecule has 6 heteroatoms. The highest BCUT2D eigenvalue weighted by molar-refractivity contribution is 5.92. The van der Waals surface area contributed by atoms with Crippen LogP contribution in [0.4, 0.5) is 0 Å². The maximum Gasteiger partial charge on any atom is 0.246 e. The molecule has 4 rings (SSSR count). The van der Waals surface area contributed by atoms with Gasteiger partial charge in [0.1, 0.15) is 0 Å². The first-order chi connectivity index (χ1) is 11.4. The van der Waals surface area contributed by atoms with E-state index < -0.39 is 5.79 Å². The van der Waals surface area contributed by atoms with Crippen molar-refractivity contribution < 1.29 is 23.7 Å². The molecular weight excluding hydrogens is 310 g/mol. The summed E-state index contributed by atoms with van der Waals surface area (Å²) in [7, 11) is 0. The van der Waals surface area contributed by atoms with E-state index in [0.29, 0.717) is 32.1 Å². The van der Waals surface area contributed by atoms with Crippen LogP contribution in [0.3, 0.4) is 0 Å². The molecule has 0 atom stereocenters. The zero-order valence-corrected chi connectivity index (χ0v) is 13.9. The molecule has 0 N–H and O–H groups in total. The minimum Gasteiger partial charge on any atom is -0.454 e. The monoisotopic (exact) mass is 331 g/mol. The number of rotatable bonds is 2. The van der Waals surface area contributed by atoms with Crippen molar-refractivity contribution in [3.05, 3.63) is 29.8 Å².